The third kappa shape index (κ3) is 3.51. The van der Waals surface area contributed by atoms with Crippen molar-refractivity contribution in [3.8, 4) is 17.0 Å². The van der Waals surface area contributed by atoms with Crippen LogP contribution in [-0.2, 0) is 0 Å². The number of hydrogen-bond donors (Lipinski definition) is 1. The van der Waals surface area contributed by atoms with Crippen molar-refractivity contribution < 1.29 is 14.5 Å². The van der Waals surface area contributed by atoms with Crippen LogP contribution >= 0.6 is 0 Å². The minimum absolute atomic E-state index is 0.273. The smallest absolute Gasteiger partial charge is 0.132 e. The number of aromatic nitrogens is 1. The zero-order chi connectivity index (χ0) is 21.6. The van der Waals surface area contributed by atoms with Crippen LogP contribution in [-0.4, -0.2) is 41.0 Å². The van der Waals surface area contributed by atoms with E-state index in [9.17, 15) is 10.3 Å². The van der Waals surface area contributed by atoms with Crippen molar-refractivity contribution in [1.29, 1.82) is 0 Å². The number of pyridine rings is 1. The second kappa shape index (κ2) is 7.90. The third-order valence-corrected chi connectivity index (χ3v) is 7.56. The Morgan fingerprint density at radius 1 is 1.19 bits per heavy atom. The van der Waals surface area contributed by atoms with Crippen LogP contribution in [0.25, 0.3) is 22.2 Å². The average molecular weight is 419 g/mol. The van der Waals surface area contributed by atoms with E-state index in [4.69, 9.17) is 9.72 Å². The van der Waals surface area contributed by atoms with Gasteiger partial charge < -0.3 is 19.7 Å². The van der Waals surface area contributed by atoms with Gasteiger partial charge in [-0.15, -0.1) is 0 Å². The molecule has 4 heterocycles. The maximum absolute atomic E-state index is 13.8. The summed E-state index contributed by atoms with van der Waals surface area (Å²) >= 11 is 0. The molecule has 2 bridgehead atoms. The highest BCUT2D eigenvalue weighted by Crippen LogP contribution is 2.47. The van der Waals surface area contributed by atoms with Crippen LogP contribution in [0.15, 0.2) is 54.6 Å². The van der Waals surface area contributed by atoms with Crippen LogP contribution < -0.4 is 4.74 Å². The number of rotatable bonds is 5. The molecular formula is C26H30N2O3. The van der Waals surface area contributed by atoms with Gasteiger partial charge in [0.1, 0.15) is 17.9 Å². The highest BCUT2D eigenvalue weighted by Gasteiger charge is 2.50. The molecule has 3 aromatic rings. The number of aliphatic hydroxyl groups excluding tert-OH is 1. The van der Waals surface area contributed by atoms with E-state index in [1.165, 1.54) is 0 Å². The molecule has 1 aromatic heterocycles. The van der Waals surface area contributed by atoms with Crippen LogP contribution in [0.3, 0.4) is 0 Å². The van der Waals surface area contributed by atoms with Crippen molar-refractivity contribution in [3.63, 3.8) is 0 Å². The van der Waals surface area contributed by atoms with Crippen LogP contribution in [0, 0.1) is 17.0 Å². The first kappa shape index (κ1) is 20.4. The quantitative estimate of drug-likeness (QED) is 0.464. The number of hydrogen-bond acceptors (Lipinski definition) is 4. The van der Waals surface area contributed by atoms with Crippen LogP contribution in [0.1, 0.15) is 37.9 Å². The number of quaternary nitrogens is 1. The van der Waals surface area contributed by atoms with E-state index in [2.05, 4.69) is 6.92 Å². The zero-order valence-electron chi connectivity index (χ0n) is 18.2. The highest BCUT2D eigenvalue weighted by atomic mass is 16.6. The Hall–Kier alpha value is -2.47. The van der Waals surface area contributed by atoms with Gasteiger partial charge >= 0.3 is 0 Å². The van der Waals surface area contributed by atoms with Crippen molar-refractivity contribution in [2.45, 2.75) is 38.3 Å². The highest BCUT2D eigenvalue weighted by molar-refractivity contribution is 5.87. The molecule has 0 saturated carbocycles. The number of benzene rings is 2. The Kier molecular flexibility index (Phi) is 5.21. The lowest BCUT2D eigenvalue weighted by Crippen LogP contribution is -2.65. The Bertz CT molecular complexity index is 1090. The largest absolute Gasteiger partial charge is 0.633 e. The molecule has 3 saturated heterocycles. The van der Waals surface area contributed by atoms with E-state index < -0.39 is 6.10 Å². The Balaban J connectivity index is 1.62. The molecule has 2 aromatic carbocycles. The zero-order valence-corrected chi connectivity index (χ0v) is 18.2. The molecule has 6 rings (SSSR count). The van der Waals surface area contributed by atoms with Gasteiger partial charge in [-0.3, -0.25) is 0 Å². The second-order valence-corrected chi connectivity index (χ2v) is 9.17. The summed E-state index contributed by atoms with van der Waals surface area (Å²) in [5.74, 6) is 1.73. The Labute approximate surface area is 183 Å². The van der Waals surface area contributed by atoms with Gasteiger partial charge in [0.2, 0.25) is 0 Å². The summed E-state index contributed by atoms with van der Waals surface area (Å²) in [5.41, 5.74) is 3.39. The van der Waals surface area contributed by atoms with Crippen LogP contribution in [0.4, 0.5) is 0 Å². The Morgan fingerprint density at radius 3 is 2.71 bits per heavy atom. The topological polar surface area (TPSA) is 65.4 Å². The van der Waals surface area contributed by atoms with Gasteiger partial charge in [0.25, 0.3) is 0 Å². The molecular weight excluding hydrogens is 388 g/mol. The van der Waals surface area contributed by atoms with Crippen molar-refractivity contribution >= 4 is 10.9 Å². The van der Waals surface area contributed by atoms with Crippen molar-refractivity contribution in [2.24, 2.45) is 11.8 Å². The molecule has 3 aliphatic rings. The summed E-state index contributed by atoms with van der Waals surface area (Å²) in [5, 5.41) is 26.3. The molecule has 1 unspecified atom stereocenters. The summed E-state index contributed by atoms with van der Waals surface area (Å²) in [6.45, 7) is 3.42. The number of ether oxygens (including phenoxy) is 1. The lowest BCUT2D eigenvalue weighted by Gasteiger charge is -2.61. The van der Waals surface area contributed by atoms with Gasteiger partial charge in [-0.1, -0.05) is 37.3 Å². The first-order valence-corrected chi connectivity index (χ1v) is 11.3. The predicted molar refractivity (Wildman–Crippen MR) is 122 cm³/mol. The molecule has 162 valence electrons. The molecule has 3 aliphatic heterocycles. The van der Waals surface area contributed by atoms with E-state index in [1.54, 1.807) is 7.11 Å². The molecule has 5 nitrogen and oxygen atoms in total. The fourth-order valence-corrected chi connectivity index (χ4v) is 5.79. The second-order valence-electron chi connectivity index (χ2n) is 9.17. The number of hydroxylamine groups is 3. The molecule has 5 atom stereocenters. The standard InChI is InChI=1S/C26H30N2O3/c1-3-17-16-28(30)12-11-19(17)13-25(28)26(29)22-15-24(18-7-5-4-6-8-18)27-23-10-9-20(31-2)14-21(22)23/h4-10,14-15,17,19,25-26,29H,3,11-13,16H2,1-2H3/t17-,19-,25-,26+,28?/m0/s1. The first-order valence-electron chi connectivity index (χ1n) is 11.3. The van der Waals surface area contributed by atoms with Crippen LogP contribution in [0.5, 0.6) is 5.75 Å². The van der Waals surface area contributed by atoms with Gasteiger partial charge in [0.05, 0.1) is 31.4 Å². The minimum atomic E-state index is -0.835. The number of methoxy groups -OCH3 is 1. The third-order valence-electron chi connectivity index (χ3n) is 7.56. The van der Waals surface area contributed by atoms with E-state index in [1.807, 2.05) is 54.6 Å². The molecule has 0 aliphatic carbocycles. The predicted octanol–water partition coefficient (Wildman–Crippen LogP) is 5.08. The summed E-state index contributed by atoms with van der Waals surface area (Å²) in [4.78, 5) is 4.85. The number of piperidine rings is 3. The van der Waals surface area contributed by atoms with Crippen molar-refractivity contribution in [1.82, 2.24) is 4.98 Å². The molecule has 0 spiro atoms. The van der Waals surface area contributed by atoms with E-state index in [0.29, 0.717) is 24.9 Å². The van der Waals surface area contributed by atoms with Crippen molar-refractivity contribution in [2.75, 3.05) is 20.2 Å². The summed E-state index contributed by atoms with van der Waals surface area (Å²) in [7, 11) is 1.64. The first-order chi connectivity index (χ1) is 15.0. The maximum atomic E-state index is 13.8. The summed E-state index contributed by atoms with van der Waals surface area (Å²) < 4.78 is 5.17. The van der Waals surface area contributed by atoms with Gasteiger partial charge in [0.15, 0.2) is 0 Å². The number of nitrogens with zero attached hydrogens (tertiary/aromatic N) is 2. The van der Waals surface area contributed by atoms with Gasteiger partial charge in [-0.25, -0.2) is 4.98 Å². The molecule has 0 radical (unpaired) electrons. The Morgan fingerprint density at radius 2 is 2.00 bits per heavy atom. The van der Waals surface area contributed by atoms with E-state index in [0.717, 1.165) is 52.7 Å². The molecule has 0 amide bonds. The summed E-state index contributed by atoms with van der Waals surface area (Å²) in [6, 6.07) is 17.4. The molecule has 5 heteroatoms. The van der Waals surface area contributed by atoms with E-state index >= 15 is 0 Å². The van der Waals surface area contributed by atoms with Crippen LogP contribution in [0.2, 0.25) is 0 Å². The fourth-order valence-electron chi connectivity index (χ4n) is 5.79. The molecule has 31 heavy (non-hydrogen) atoms. The fraction of sp³-hybridized carbons (Fsp3) is 0.423. The van der Waals surface area contributed by atoms with E-state index in [-0.39, 0.29) is 10.7 Å². The number of aliphatic hydroxyl groups is 1. The molecule has 3 fully saturated rings. The van der Waals surface area contributed by atoms with Crippen molar-refractivity contribution in [3.05, 3.63) is 65.4 Å². The minimum Gasteiger partial charge on any atom is -0.633 e. The molecule has 1 N–H and O–H groups in total. The van der Waals surface area contributed by atoms with Gasteiger partial charge in [-0.05, 0) is 42.2 Å². The number of fused-ring (bicyclic) bond motifs is 4. The maximum Gasteiger partial charge on any atom is 0.132 e. The average Bonchev–Trinajstić information content (AvgIpc) is 2.82. The summed E-state index contributed by atoms with van der Waals surface area (Å²) in [6.07, 6.45) is 1.98. The SMILES string of the molecule is CC[C@H]1C[N+]2([O-])CC[C@H]1C[C@H]2[C@H](O)c1cc(-c2ccccc2)nc2ccc(OC)cc12. The lowest BCUT2D eigenvalue weighted by atomic mass is 9.72. The van der Waals surface area contributed by atoms with Gasteiger partial charge in [0, 0.05) is 29.7 Å². The lowest BCUT2D eigenvalue weighted by molar-refractivity contribution is -0.930. The normalized spacial score (nSPS) is 28.6. The monoisotopic (exact) mass is 418 g/mol. The van der Waals surface area contributed by atoms with Gasteiger partial charge in [-0.2, -0.15) is 0 Å².